The van der Waals surface area contributed by atoms with E-state index in [1.165, 1.54) is 11.1 Å². The van der Waals surface area contributed by atoms with Crippen LogP contribution in [0.15, 0.2) is 48.5 Å². The molecule has 0 unspecified atom stereocenters. The van der Waals surface area contributed by atoms with Gasteiger partial charge in [0, 0.05) is 29.4 Å². The molecule has 7 heteroatoms. The predicted molar refractivity (Wildman–Crippen MR) is 116 cm³/mol. The molecular formula is C22H25ClN4O2. The van der Waals surface area contributed by atoms with Gasteiger partial charge in [0.15, 0.2) is 5.82 Å². The first kappa shape index (κ1) is 20.9. The Kier molecular flexibility index (Phi) is 6.56. The van der Waals surface area contributed by atoms with Crippen LogP contribution >= 0.6 is 12.4 Å². The summed E-state index contributed by atoms with van der Waals surface area (Å²) in [7, 11) is 1.66. The third kappa shape index (κ3) is 4.60. The molecule has 2 heterocycles. The second kappa shape index (κ2) is 9.11. The van der Waals surface area contributed by atoms with E-state index in [1.54, 1.807) is 7.11 Å². The Morgan fingerprint density at radius 3 is 2.86 bits per heavy atom. The molecule has 1 aromatic heterocycles. The largest absolute Gasteiger partial charge is 0.496 e. The summed E-state index contributed by atoms with van der Waals surface area (Å²) in [4.78, 5) is 12.7. The fraction of sp³-hybridized carbons (Fsp3) is 0.273. The van der Waals surface area contributed by atoms with Gasteiger partial charge in [0.1, 0.15) is 5.75 Å². The van der Waals surface area contributed by atoms with E-state index in [-0.39, 0.29) is 18.3 Å². The topological polar surface area (TPSA) is 68.2 Å². The first-order valence-corrected chi connectivity index (χ1v) is 9.44. The van der Waals surface area contributed by atoms with Crippen LogP contribution in [0, 0.1) is 6.92 Å². The van der Waals surface area contributed by atoms with Crippen molar-refractivity contribution in [1.82, 2.24) is 15.1 Å². The summed E-state index contributed by atoms with van der Waals surface area (Å²) in [6, 6.07) is 15.6. The van der Waals surface area contributed by atoms with Gasteiger partial charge in [-0.3, -0.25) is 9.48 Å². The minimum Gasteiger partial charge on any atom is -0.496 e. The lowest BCUT2D eigenvalue weighted by Crippen LogP contribution is -2.24. The van der Waals surface area contributed by atoms with E-state index in [2.05, 4.69) is 15.7 Å². The molecule has 1 aliphatic heterocycles. The van der Waals surface area contributed by atoms with Gasteiger partial charge in [-0.1, -0.05) is 24.3 Å². The number of rotatable bonds is 5. The van der Waals surface area contributed by atoms with Gasteiger partial charge in [0.05, 0.1) is 13.7 Å². The number of halogens is 1. The molecule has 29 heavy (non-hydrogen) atoms. The van der Waals surface area contributed by atoms with Gasteiger partial charge in [0.25, 0.3) is 5.91 Å². The van der Waals surface area contributed by atoms with Gasteiger partial charge in [-0.25, -0.2) is 0 Å². The summed E-state index contributed by atoms with van der Waals surface area (Å²) in [5.74, 6) is 1.24. The van der Waals surface area contributed by atoms with E-state index in [9.17, 15) is 4.79 Å². The van der Waals surface area contributed by atoms with Gasteiger partial charge >= 0.3 is 0 Å². The van der Waals surface area contributed by atoms with E-state index < -0.39 is 0 Å². The standard InChI is InChI=1S/C22H24N4O2.ClH/c1-15-11-21(25-26(15)14-19-5-3-4-6-20(19)28-2)24-22(27)17-7-8-18-13-23-10-9-16(18)12-17;/h3-8,11-12,23H,9-10,13-14H2,1-2H3,(H,24,25,27);1H. The van der Waals surface area contributed by atoms with Gasteiger partial charge < -0.3 is 15.4 Å². The monoisotopic (exact) mass is 412 g/mol. The summed E-state index contributed by atoms with van der Waals surface area (Å²) >= 11 is 0. The number of methoxy groups -OCH3 is 1. The molecule has 0 radical (unpaired) electrons. The summed E-state index contributed by atoms with van der Waals surface area (Å²) in [6.07, 6.45) is 0.948. The third-order valence-electron chi connectivity index (χ3n) is 5.09. The Balaban J connectivity index is 0.00000240. The van der Waals surface area contributed by atoms with Crippen LogP contribution in [0.4, 0.5) is 5.82 Å². The SMILES string of the molecule is COc1ccccc1Cn1nc(NC(=O)c2ccc3c(c2)CCNC3)cc1C.Cl. The van der Waals surface area contributed by atoms with Crippen LogP contribution < -0.4 is 15.4 Å². The summed E-state index contributed by atoms with van der Waals surface area (Å²) in [6.45, 7) is 4.37. The van der Waals surface area contributed by atoms with Crippen molar-refractivity contribution in [2.24, 2.45) is 0 Å². The highest BCUT2D eigenvalue weighted by Crippen LogP contribution is 2.21. The number of benzene rings is 2. The lowest BCUT2D eigenvalue weighted by atomic mass is 9.98. The van der Waals surface area contributed by atoms with Gasteiger partial charge in [-0.05, 0) is 49.2 Å². The molecule has 0 fully saturated rings. The maximum Gasteiger partial charge on any atom is 0.256 e. The molecule has 0 aliphatic carbocycles. The van der Waals surface area contributed by atoms with Crippen LogP contribution in [-0.2, 0) is 19.5 Å². The van der Waals surface area contributed by atoms with Crippen molar-refractivity contribution in [2.75, 3.05) is 19.0 Å². The molecule has 1 aliphatic rings. The molecule has 0 bridgehead atoms. The number of aromatic nitrogens is 2. The second-order valence-corrected chi connectivity index (χ2v) is 7.00. The lowest BCUT2D eigenvalue weighted by Gasteiger charge is -2.17. The van der Waals surface area contributed by atoms with Gasteiger partial charge in [0.2, 0.25) is 0 Å². The number of amides is 1. The Morgan fingerprint density at radius 2 is 2.03 bits per heavy atom. The average Bonchev–Trinajstić information content (AvgIpc) is 3.06. The predicted octanol–water partition coefficient (Wildman–Crippen LogP) is 3.57. The fourth-order valence-corrected chi connectivity index (χ4v) is 3.53. The molecule has 4 rings (SSSR count). The zero-order valence-electron chi connectivity index (χ0n) is 16.6. The van der Waals surface area contributed by atoms with E-state index >= 15 is 0 Å². The van der Waals surface area contributed by atoms with Crippen molar-refractivity contribution in [3.8, 4) is 5.75 Å². The number of anilines is 1. The average molecular weight is 413 g/mol. The molecule has 2 N–H and O–H groups in total. The zero-order chi connectivity index (χ0) is 19.5. The second-order valence-electron chi connectivity index (χ2n) is 7.00. The quantitative estimate of drug-likeness (QED) is 0.672. The van der Waals surface area contributed by atoms with Crippen LogP contribution in [0.5, 0.6) is 5.75 Å². The number of carbonyl (C=O) groups is 1. The Hall–Kier alpha value is -2.83. The maximum absolute atomic E-state index is 12.7. The molecule has 1 amide bonds. The smallest absolute Gasteiger partial charge is 0.256 e. The van der Waals surface area contributed by atoms with E-state index in [4.69, 9.17) is 4.74 Å². The maximum atomic E-state index is 12.7. The minimum absolute atomic E-state index is 0. The normalized spacial score (nSPS) is 12.6. The van der Waals surface area contributed by atoms with Crippen molar-refractivity contribution in [1.29, 1.82) is 0 Å². The highest BCUT2D eigenvalue weighted by Gasteiger charge is 2.15. The van der Waals surface area contributed by atoms with Crippen LogP contribution in [0.1, 0.15) is 32.7 Å². The number of hydrogen-bond donors (Lipinski definition) is 2. The van der Waals surface area contributed by atoms with Crippen LogP contribution in [-0.4, -0.2) is 29.3 Å². The minimum atomic E-state index is -0.136. The third-order valence-corrected chi connectivity index (χ3v) is 5.09. The summed E-state index contributed by atoms with van der Waals surface area (Å²) < 4.78 is 7.28. The number of nitrogens with zero attached hydrogens (tertiary/aromatic N) is 2. The first-order valence-electron chi connectivity index (χ1n) is 9.44. The highest BCUT2D eigenvalue weighted by atomic mass is 35.5. The van der Waals surface area contributed by atoms with Crippen LogP contribution in [0.3, 0.4) is 0 Å². The molecule has 0 atom stereocenters. The van der Waals surface area contributed by atoms with Gasteiger partial charge in [-0.2, -0.15) is 5.10 Å². The van der Waals surface area contributed by atoms with Crippen molar-refractivity contribution in [3.63, 3.8) is 0 Å². The number of para-hydroxylation sites is 1. The van der Waals surface area contributed by atoms with Crippen molar-refractivity contribution in [2.45, 2.75) is 26.4 Å². The first-order chi connectivity index (χ1) is 13.6. The van der Waals surface area contributed by atoms with Gasteiger partial charge in [-0.15, -0.1) is 12.4 Å². The molecule has 0 saturated carbocycles. The van der Waals surface area contributed by atoms with E-state index in [1.807, 2.05) is 60.1 Å². The molecule has 3 aromatic rings. The van der Waals surface area contributed by atoms with E-state index in [0.29, 0.717) is 17.9 Å². The number of fused-ring (bicyclic) bond motifs is 1. The molecule has 6 nitrogen and oxygen atoms in total. The molecule has 2 aromatic carbocycles. The number of nitrogens with one attached hydrogen (secondary N) is 2. The van der Waals surface area contributed by atoms with E-state index in [0.717, 1.165) is 36.5 Å². The number of hydrogen-bond acceptors (Lipinski definition) is 4. The van der Waals surface area contributed by atoms with Crippen molar-refractivity contribution < 1.29 is 9.53 Å². The molecule has 0 spiro atoms. The zero-order valence-corrected chi connectivity index (χ0v) is 17.4. The Morgan fingerprint density at radius 1 is 1.21 bits per heavy atom. The number of ether oxygens (including phenoxy) is 1. The number of carbonyl (C=O) groups excluding carboxylic acids is 1. The Labute approximate surface area is 176 Å². The molecule has 152 valence electrons. The Bertz CT molecular complexity index is 1020. The molecular weight excluding hydrogens is 388 g/mol. The van der Waals surface area contributed by atoms with Crippen LogP contribution in [0.25, 0.3) is 0 Å². The van der Waals surface area contributed by atoms with Crippen molar-refractivity contribution >= 4 is 24.1 Å². The lowest BCUT2D eigenvalue weighted by molar-refractivity contribution is 0.102. The van der Waals surface area contributed by atoms with Crippen LogP contribution in [0.2, 0.25) is 0 Å². The summed E-state index contributed by atoms with van der Waals surface area (Å²) in [5, 5.41) is 10.8. The highest BCUT2D eigenvalue weighted by molar-refractivity contribution is 6.04. The number of aryl methyl sites for hydroxylation is 1. The molecule has 0 saturated heterocycles. The fourth-order valence-electron chi connectivity index (χ4n) is 3.53. The van der Waals surface area contributed by atoms with Crippen molar-refractivity contribution in [3.05, 3.63) is 76.5 Å². The summed E-state index contributed by atoms with van der Waals surface area (Å²) in [5.41, 5.74) is 5.18.